The van der Waals surface area contributed by atoms with E-state index in [0.29, 0.717) is 6.42 Å². The van der Waals surface area contributed by atoms with E-state index in [-0.39, 0.29) is 12.0 Å². The molecule has 1 fully saturated rings. The van der Waals surface area contributed by atoms with Gasteiger partial charge in [-0.15, -0.1) is 0 Å². The zero-order chi connectivity index (χ0) is 16.5. The van der Waals surface area contributed by atoms with Crippen molar-refractivity contribution in [3.05, 3.63) is 35.4 Å². The van der Waals surface area contributed by atoms with Crippen LogP contribution in [-0.4, -0.2) is 23.0 Å². The number of aliphatic carboxylic acids is 1. The van der Waals surface area contributed by atoms with Gasteiger partial charge >= 0.3 is 12.1 Å². The highest BCUT2D eigenvalue weighted by atomic mass is 19.4. The molecule has 0 bridgehead atoms. The van der Waals surface area contributed by atoms with Crippen molar-refractivity contribution in [3.63, 3.8) is 0 Å². The first-order chi connectivity index (χ1) is 10.2. The second-order valence-corrected chi connectivity index (χ2v) is 5.54. The third-order valence-electron chi connectivity index (χ3n) is 3.66. The van der Waals surface area contributed by atoms with Crippen molar-refractivity contribution >= 4 is 11.9 Å². The molecule has 1 amide bonds. The van der Waals surface area contributed by atoms with E-state index >= 15 is 0 Å². The molecule has 1 aromatic carbocycles. The standard InChI is InChI=1S/C15H16F3NO3/c1-8(6-13(20)21)19-14(22)11-7-10(11)9-4-2-3-5-12(9)15(16,17)18/h2-5,8,10-11H,6-7H2,1H3,(H,19,22)(H,20,21). The Hall–Kier alpha value is -2.05. The minimum atomic E-state index is -4.45. The number of amides is 1. The van der Waals surface area contributed by atoms with Crippen molar-refractivity contribution in [3.8, 4) is 0 Å². The third-order valence-corrected chi connectivity index (χ3v) is 3.66. The van der Waals surface area contributed by atoms with Crippen LogP contribution in [0.15, 0.2) is 24.3 Å². The lowest BCUT2D eigenvalue weighted by atomic mass is 10.0. The SMILES string of the molecule is CC(CC(=O)O)NC(=O)C1CC1c1ccccc1C(F)(F)F. The quantitative estimate of drug-likeness (QED) is 0.878. The summed E-state index contributed by atoms with van der Waals surface area (Å²) in [4.78, 5) is 22.5. The summed E-state index contributed by atoms with van der Waals surface area (Å²) >= 11 is 0. The largest absolute Gasteiger partial charge is 0.481 e. The molecule has 3 atom stereocenters. The fourth-order valence-corrected chi connectivity index (χ4v) is 2.57. The summed E-state index contributed by atoms with van der Waals surface area (Å²) < 4.78 is 38.9. The Bertz CT molecular complexity index is 586. The molecule has 1 aromatic rings. The van der Waals surface area contributed by atoms with Gasteiger partial charge in [0.15, 0.2) is 0 Å². The van der Waals surface area contributed by atoms with Crippen LogP contribution in [-0.2, 0) is 15.8 Å². The Morgan fingerprint density at radius 2 is 2.00 bits per heavy atom. The first kappa shape index (κ1) is 16.3. The summed E-state index contributed by atoms with van der Waals surface area (Å²) in [5, 5.41) is 11.2. The van der Waals surface area contributed by atoms with E-state index in [9.17, 15) is 22.8 Å². The number of alkyl halides is 3. The number of carbonyl (C=O) groups excluding carboxylic acids is 1. The highest BCUT2D eigenvalue weighted by Gasteiger charge is 2.47. The Morgan fingerprint density at radius 1 is 1.36 bits per heavy atom. The van der Waals surface area contributed by atoms with Crippen LogP contribution in [0.1, 0.15) is 36.8 Å². The van der Waals surface area contributed by atoms with Gasteiger partial charge in [-0.2, -0.15) is 13.2 Å². The van der Waals surface area contributed by atoms with Crippen molar-refractivity contribution < 1.29 is 27.9 Å². The number of hydrogen-bond acceptors (Lipinski definition) is 2. The van der Waals surface area contributed by atoms with E-state index in [1.807, 2.05) is 0 Å². The van der Waals surface area contributed by atoms with Crippen LogP contribution in [0, 0.1) is 5.92 Å². The first-order valence-corrected chi connectivity index (χ1v) is 6.88. The Kier molecular flexibility index (Phi) is 4.44. The van der Waals surface area contributed by atoms with Gasteiger partial charge < -0.3 is 10.4 Å². The summed E-state index contributed by atoms with van der Waals surface area (Å²) in [5.74, 6) is -2.42. The van der Waals surface area contributed by atoms with Gasteiger partial charge in [-0.05, 0) is 30.9 Å². The molecule has 0 radical (unpaired) electrons. The second kappa shape index (κ2) is 5.98. The number of halogens is 3. The van der Waals surface area contributed by atoms with Crippen LogP contribution in [0.5, 0.6) is 0 Å². The van der Waals surface area contributed by atoms with Crippen molar-refractivity contribution in [1.29, 1.82) is 0 Å². The third kappa shape index (κ3) is 3.78. The summed E-state index contributed by atoms with van der Waals surface area (Å²) in [5.41, 5.74) is -0.588. The number of nitrogens with one attached hydrogen (secondary N) is 1. The molecule has 2 rings (SSSR count). The topological polar surface area (TPSA) is 66.4 Å². The molecule has 4 nitrogen and oxygen atoms in total. The number of carboxylic acids is 1. The normalized spacial score (nSPS) is 22.0. The summed E-state index contributed by atoms with van der Waals surface area (Å²) in [6.45, 7) is 1.55. The van der Waals surface area contributed by atoms with Gasteiger partial charge in [0.05, 0.1) is 12.0 Å². The average Bonchev–Trinajstić information content (AvgIpc) is 3.16. The highest BCUT2D eigenvalue weighted by molar-refractivity contribution is 5.83. The molecule has 0 aromatic heterocycles. The number of rotatable bonds is 5. The zero-order valence-electron chi connectivity index (χ0n) is 11.9. The van der Waals surface area contributed by atoms with E-state index < -0.39 is 41.5 Å². The predicted octanol–water partition coefficient (Wildman–Crippen LogP) is 2.79. The maximum absolute atomic E-state index is 13.0. The molecule has 120 valence electrons. The molecule has 0 saturated heterocycles. The lowest BCUT2D eigenvalue weighted by Crippen LogP contribution is -2.35. The smallest absolute Gasteiger partial charge is 0.416 e. The summed E-state index contributed by atoms with van der Waals surface area (Å²) in [7, 11) is 0. The number of carbonyl (C=O) groups is 2. The molecule has 0 heterocycles. The van der Waals surface area contributed by atoms with Crippen LogP contribution < -0.4 is 5.32 Å². The van der Waals surface area contributed by atoms with Crippen molar-refractivity contribution in [2.75, 3.05) is 0 Å². The van der Waals surface area contributed by atoms with Gasteiger partial charge in [-0.1, -0.05) is 18.2 Å². The molecule has 22 heavy (non-hydrogen) atoms. The van der Waals surface area contributed by atoms with E-state index in [1.54, 1.807) is 6.92 Å². The molecule has 0 spiro atoms. The molecule has 1 aliphatic rings. The van der Waals surface area contributed by atoms with Gasteiger partial charge in [0.25, 0.3) is 0 Å². The minimum absolute atomic E-state index is 0.126. The summed E-state index contributed by atoms with van der Waals surface area (Å²) in [6.07, 6.45) is -4.32. The molecule has 2 N–H and O–H groups in total. The number of benzene rings is 1. The van der Waals surface area contributed by atoms with Crippen LogP contribution in [0.2, 0.25) is 0 Å². The average molecular weight is 315 g/mol. The molecule has 7 heteroatoms. The van der Waals surface area contributed by atoms with Crippen molar-refractivity contribution in [1.82, 2.24) is 5.32 Å². The molecular formula is C15H16F3NO3. The molecule has 0 aliphatic heterocycles. The fourth-order valence-electron chi connectivity index (χ4n) is 2.57. The number of carboxylic acid groups (broad SMARTS) is 1. The molecule has 3 unspecified atom stereocenters. The predicted molar refractivity (Wildman–Crippen MR) is 72.1 cm³/mol. The minimum Gasteiger partial charge on any atom is -0.481 e. The lowest BCUT2D eigenvalue weighted by Gasteiger charge is -2.14. The van der Waals surface area contributed by atoms with Gasteiger partial charge in [0.1, 0.15) is 0 Å². The Balaban J connectivity index is 2.04. The van der Waals surface area contributed by atoms with Crippen molar-refractivity contribution in [2.45, 2.75) is 37.9 Å². The second-order valence-electron chi connectivity index (χ2n) is 5.54. The maximum atomic E-state index is 13.0. The maximum Gasteiger partial charge on any atom is 0.416 e. The van der Waals surface area contributed by atoms with E-state index in [4.69, 9.17) is 5.11 Å². The van der Waals surface area contributed by atoms with Gasteiger partial charge in [-0.25, -0.2) is 0 Å². The Morgan fingerprint density at radius 3 is 2.59 bits per heavy atom. The van der Waals surface area contributed by atoms with Gasteiger partial charge in [0, 0.05) is 12.0 Å². The van der Waals surface area contributed by atoms with E-state index in [1.165, 1.54) is 18.2 Å². The van der Waals surface area contributed by atoms with Crippen LogP contribution in [0.3, 0.4) is 0 Å². The van der Waals surface area contributed by atoms with Crippen LogP contribution in [0.25, 0.3) is 0 Å². The molecular weight excluding hydrogens is 299 g/mol. The monoisotopic (exact) mass is 315 g/mol. The van der Waals surface area contributed by atoms with Gasteiger partial charge in [0.2, 0.25) is 5.91 Å². The molecule has 1 saturated carbocycles. The first-order valence-electron chi connectivity index (χ1n) is 6.88. The highest BCUT2D eigenvalue weighted by Crippen LogP contribution is 2.51. The lowest BCUT2D eigenvalue weighted by molar-refractivity contribution is -0.139. The Labute approximate surface area is 125 Å². The van der Waals surface area contributed by atoms with Crippen molar-refractivity contribution in [2.24, 2.45) is 5.92 Å². The van der Waals surface area contributed by atoms with E-state index in [0.717, 1.165) is 6.07 Å². The summed E-state index contributed by atoms with van der Waals surface area (Å²) in [6, 6.07) is 4.69. The zero-order valence-corrected chi connectivity index (χ0v) is 11.9. The van der Waals surface area contributed by atoms with Crippen LogP contribution >= 0.6 is 0 Å². The number of hydrogen-bond donors (Lipinski definition) is 2. The van der Waals surface area contributed by atoms with Crippen LogP contribution in [0.4, 0.5) is 13.2 Å². The van der Waals surface area contributed by atoms with E-state index in [2.05, 4.69) is 5.32 Å². The molecule has 1 aliphatic carbocycles. The van der Waals surface area contributed by atoms with Gasteiger partial charge in [-0.3, -0.25) is 9.59 Å². The fraction of sp³-hybridized carbons (Fsp3) is 0.467.